The van der Waals surface area contributed by atoms with Gasteiger partial charge in [-0.15, -0.1) is 0 Å². The van der Waals surface area contributed by atoms with Crippen molar-refractivity contribution in [3.63, 3.8) is 0 Å². The first-order valence-electron chi connectivity index (χ1n) is 7.10. The molecular weight excluding hydrogens is 218 g/mol. The summed E-state index contributed by atoms with van der Waals surface area (Å²) in [7, 11) is 0. The second kappa shape index (κ2) is 6.38. The third kappa shape index (κ3) is 5.22. The maximum atomic E-state index is 3.79. The van der Waals surface area contributed by atoms with Crippen LogP contribution in [0.1, 0.15) is 59.6 Å². The lowest BCUT2D eigenvalue weighted by molar-refractivity contribution is 0.278. The van der Waals surface area contributed by atoms with Gasteiger partial charge in [0.25, 0.3) is 0 Å². The second-order valence-corrected chi connectivity index (χ2v) is 6.93. The zero-order valence-corrected chi connectivity index (χ0v) is 12.8. The Morgan fingerprint density at radius 1 is 1.00 bits per heavy atom. The van der Waals surface area contributed by atoms with Crippen LogP contribution in [0.25, 0.3) is 0 Å². The molecule has 0 radical (unpaired) electrons. The van der Waals surface area contributed by atoms with Crippen molar-refractivity contribution in [2.45, 2.75) is 60.0 Å². The third-order valence-electron chi connectivity index (χ3n) is 3.48. The van der Waals surface area contributed by atoms with Gasteiger partial charge in [-0.3, -0.25) is 0 Å². The van der Waals surface area contributed by atoms with Crippen LogP contribution >= 0.6 is 0 Å². The Labute approximate surface area is 113 Å². The standard InChI is InChI=1S/C17H29N/c1-13(2)14(3)18-16(12-17(4,5)6)15-10-8-7-9-11-15/h7-11,13-14,16,18H,12H2,1-6H3. The zero-order valence-electron chi connectivity index (χ0n) is 12.8. The first kappa shape index (κ1) is 15.2. The lowest BCUT2D eigenvalue weighted by atomic mass is 9.85. The fraction of sp³-hybridized carbons (Fsp3) is 0.647. The highest BCUT2D eigenvalue weighted by Gasteiger charge is 2.22. The first-order valence-corrected chi connectivity index (χ1v) is 7.10. The van der Waals surface area contributed by atoms with Gasteiger partial charge in [0, 0.05) is 12.1 Å². The number of benzene rings is 1. The van der Waals surface area contributed by atoms with Crippen molar-refractivity contribution in [2.24, 2.45) is 11.3 Å². The number of nitrogens with one attached hydrogen (secondary N) is 1. The molecule has 1 aromatic rings. The summed E-state index contributed by atoms with van der Waals surface area (Å²) in [5, 5.41) is 3.79. The van der Waals surface area contributed by atoms with E-state index in [1.807, 2.05) is 0 Å². The van der Waals surface area contributed by atoms with Crippen molar-refractivity contribution in [3.8, 4) is 0 Å². The average Bonchev–Trinajstić information content (AvgIpc) is 2.27. The second-order valence-electron chi connectivity index (χ2n) is 6.93. The lowest BCUT2D eigenvalue weighted by Gasteiger charge is -2.31. The van der Waals surface area contributed by atoms with E-state index in [2.05, 4.69) is 77.2 Å². The summed E-state index contributed by atoms with van der Waals surface area (Å²) in [5.74, 6) is 0.663. The summed E-state index contributed by atoms with van der Waals surface area (Å²) in [4.78, 5) is 0. The molecule has 0 aliphatic heterocycles. The monoisotopic (exact) mass is 247 g/mol. The third-order valence-corrected chi connectivity index (χ3v) is 3.48. The topological polar surface area (TPSA) is 12.0 Å². The largest absolute Gasteiger partial charge is 0.307 e. The Morgan fingerprint density at radius 2 is 1.56 bits per heavy atom. The fourth-order valence-electron chi connectivity index (χ4n) is 2.08. The molecule has 0 spiro atoms. The van der Waals surface area contributed by atoms with E-state index in [-0.39, 0.29) is 0 Å². The molecule has 0 aromatic heterocycles. The van der Waals surface area contributed by atoms with Gasteiger partial charge in [-0.25, -0.2) is 0 Å². The summed E-state index contributed by atoms with van der Waals surface area (Å²) in [6.07, 6.45) is 1.16. The molecule has 0 fully saturated rings. The highest BCUT2D eigenvalue weighted by molar-refractivity contribution is 5.19. The molecule has 2 atom stereocenters. The summed E-state index contributed by atoms with van der Waals surface area (Å²) < 4.78 is 0. The quantitative estimate of drug-likeness (QED) is 0.788. The molecule has 0 bridgehead atoms. The first-order chi connectivity index (χ1) is 8.29. The van der Waals surface area contributed by atoms with Crippen molar-refractivity contribution in [1.29, 1.82) is 0 Å². The molecule has 0 amide bonds. The summed E-state index contributed by atoms with van der Waals surface area (Å²) in [6.45, 7) is 13.8. The molecule has 1 aromatic carbocycles. The molecule has 0 heterocycles. The number of hydrogen-bond donors (Lipinski definition) is 1. The van der Waals surface area contributed by atoms with Crippen molar-refractivity contribution in [1.82, 2.24) is 5.32 Å². The van der Waals surface area contributed by atoms with Crippen LogP contribution in [0.2, 0.25) is 0 Å². The van der Waals surface area contributed by atoms with E-state index in [9.17, 15) is 0 Å². The molecule has 1 N–H and O–H groups in total. The van der Waals surface area contributed by atoms with E-state index in [1.165, 1.54) is 5.56 Å². The predicted octanol–water partition coefficient (Wildman–Crippen LogP) is 4.80. The van der Waals surface area contributed by atoms with Gasteiger partial charge in [-0.1, -0.05) is 65.0 Å². The molecule has 0 aliphatic rings. The van der Waals surface area contributed by atoms with Crippen molar-refractivity contribution in [3.05, 3.63) is 35.9 Å². The molecule has 102 valence electrons. The molecule has 0 saturated carbocycles. The van der Waals surface area contributed by atoms with Gasteiger partial charge in [0.2, 0.25) is 0 Å². The van der Waals surface area contributed by atoms with Crippen LogP contribution in [-0.2, 0) is 0 Å². The minimum atomic E-state index is 0.338. The smallest absolute Gasteiger partial charge is 0.0327 e. The van der Waals surface area contributed by atoms with Crippen molar-refractivity contribution < 1.29 is 0 Å². The highest BCUT2D eigenvalue weighted by atomic mass is 14.9. The van der Waals surface area contributed by atoms with Gasteiger partial charge in [0.05, 0.1) is 0 Å². The van der Waals surface area contributed by atoms with Crippen molar-refractivity contribution in [2.75, 3.05) is 0 Å². The molecular formula is C17H29N. The molecule has 2 unspecified atom stereocenters. The van der Waals surface area contributed by atoms with Gasteiger partial charge >= 0.3 is 0 Å². The van der Waals surface area contributed by atoms with E-state index < -0.39 is 0 Å². The van der Waals surface area contributed by atoms with Gasteiger partial charge < -0.3 is 5.32 Å². The number of rotatable bonds is 5. The summed E-state index contributed by atoms with van der Waals surface area (Å²) in [5.41, 5.74) is 1.74. The zero-order chi connectivity index (χ0) is 13.8. The Bertz CT molecular complexity index is 334. The van der Waals surface area contributed by atoms with E-state index in [0.717, 1.165) is 6.42 Å². The van der Waals surface area contributed by atoms with E-state index in [4.69, 9.17) is 0 Å². The SMILES string of the molecule is CC(C)C(C)NC(CC(C)(C)C)c1ccccc1. The van der Waals surface area contributed by atoms with E-state index >= 15 is 0 Å². The molecule has 1 nitrogen and oxygen atoms in total. The summed E-state index contributed by atoms with van der Waals surface area (Å²) >= 11 is 0. The van der Waals surface area contributed by atoms with Gasteiger partial charge in [-0.05, 0) is 30.2 Å². The maximum Gasteiger partial charge on any atom is 0.0327 e. The normalized spacial score (nSPS) is 15.7. The number of hydrogen-bond acceptors (Lipinski definition) is 1. The Hall–Kier alpha value is -0.820. The Balaban J connectivity index is 2.82. The Morgan fingerprint density at radius 3 is 2.00 bits per heavy atom. The van der Waals surface area contributed by atoms with Gasteiger partial charge in [-0.2, -0.15) is 0 Å². The molecule has 0 aliphatic carbocycles. The average molecular weight is 247 g/mol. The molecule has 1 rings (SSSR count). The van der Waals surface area contributed by atoms with Gasteiger partial charge in [0.1, 0.15) is 0 Å². The highest BCUT2D eigenvalue weighted by Crippen LogP contribution is 2.30. The van der Waals surface area contributed by atoms with Crippen LogP contribution in [0, 0.1) is 11.3 Å². The van der Waals surface area contributed by atoms with Crippen LogP contribution in [0.3, 0.4) is 0 Å². The molecule has 1 heteroatoms. The van der Waals surface area contributed by atoms with Crippen LogP contribution in [-0.4, -0.2) is 6.04 Å². The minimum absolute atomic E-state index is 0.338. The fourth-order valence-corrected chi connectivity index (χ4v) is 2.08. The van der Waals surface area contributed by atoms with Crippen LogP contribution in [0.15, 0.2) is 30.3 Å². The van der Waals surface area contributed by atoms with Crippen LogP contribution in [0.5, 0.6) is 0 Å². The molecule has 18 heavy (non-hydrogen) atoms. The van der Waals surface area contributed by atoms with Crippen LogP contribution < -0.4 is 5.32 Å². The summed E-state index contributed by atoms with van der Waals surface area (Å²) in [6, 6.07) is 11.8. The maximum absolute atomic E-state index is 3.79. The van der Waals surface area contributed by atoms with E-state index in [1.54, 1.807) is 0 Å². The Kier molecular flexibility index (Phi) is 5.40. The predicted molar refractivity (Wildman–Crippen MR) is 80.7 cm³/mol. The van der Waals surface area contributed by atoms with Gasteiger partial charge in [0.15, 0.2) is 0 Å². The van der Waals surface area contributed by atoms with Crippen molar-refractivity contribution >= 4 is 0 Å². The minimum Gasteiger partial charge on any atom is -0.307 e. The van der Waals surface area contributed by atoms with E-state index in [0.29, 0.717) is 23.4 Å². The molecule has 0 saturated heterocycles. The van der Waals surface area contributed by atoms with Crippen LogP contribution in [0.4, 0.5) is 0 Å². The lowest BCUT2D eigenvalue weighted by Crippen LogP contribution is -2.36.